The van der Waals surface area contributed by atoms with Crippen LogP contribution in [0.3, 0.4) is 0 Å². The second-order valence-electron chi connectivity index (χ2n) is 13.3. The van der Waals surface area contributed by atoms with Crippen molar-refractivity contribution in [2.45, 2.75) is 26.2 Å². The van der Waals surface area contributed by atoms with Crippen molar-refractivity contribution in [3.05, 3.63) is 168 Å². The van der Waals surface area contributed by atoms with Crippen molar-refractivity contribution < 1.29 is 0 Å². The highest BCUT2D eigenvalue weighted by Crippen LogP contribution is 2.51. The molecule has 46 heavy (non-hydrogen) atoms. The summed E-state index contributed by atoms with van der Waals surface area (Å²) >= 11 is 0. The molecule has 8 aromatic rings. The average Bonchev–Trinajstić information content (AvgIpc) is 3.33. The first kappa shape index (κ1) is 26.9. The maximum atomic E-state index is 2.45. The van der Waals surface area contributed by atoms with Gasteiger partial charge in [0.1, 0.15) is 0 Å². The molecule has 0 heterocycles. The number of benzene rings is 8. The molecule has 0 heteroatoms. The topological polar surface area (TPSA) is 0 Å². The van der Waals surface area contributed by atoms with E-state index in [4.69, 9.17) is 0 Å². The van der Waals surface area contributed by atoms with Gasteiger partial charge in [-0.2, -0.15) is 0 Å². The fourth-order valence-electron chi connectivity index (χ4n) is 8.16. The minimum Gasteiger partial charge on any atom is -0.0622 e. The predicted octanol–water partition coefficient (Wildman–Crippen LogP) is 12.8. The molecule has 0 atom stereocenters. The number of fused-ring (bicyclic) bond motifs is 6. The first-order chi connectivity index (χ1) is 22.5. The van der Waals surface area contributed by atoms with Crippen LogP contribution >= 0.6 is 0 Å². The van der Waals surface area contributed by atoms with E-state index in [1.807, 2.05) is 0 Å². The summed E-state index contributed by atoms with van der Waals surface area (Å²) < 4.78 is 0. The summed E-state index contributed by atoms with van der Waals surface area (Å²) in [5, 5.41) is 7.72. The zero-order chi connectivity index (χ0) is 31.0. The molecule has 1 aliphatic rings. The van der Waals surface area contributed by atoms with E-state index in [9.17, 15) is 0 Å². The zero-order valence-electron chi connectivity index (χ0n) is 26.4. The van der Waals surface area contributed by atoms with E-state index < -0.39 is 0 Å². The second-order valence-corrected chi connectivity index (χ2v) is 13.3. The maximum absolute atomic E-state index is 2.45. The summed E-state index contributed by atoms with van der Waals surface area (Å²) in [5.74, 6) is 0. The summed E-state index contributed by atoms with van der Waals surface area (Å²) in [7, 11) is 0. The van der Waals surface area contributed by atoms with Crippen LogP contribution in [0.5, 0.6) is 0 Å². The van der Waals surface area contributed by atoms with Crippen molar-refractivity contribution in [3.8, 4) is 44.5 Å². The number of rotatable bonds is 3. The Balaban J connectivity index is 1.36. The van der Waals surface area contributed by atoms with Gasteiger partial charge < -0.3 is 0 Å². The molecule has 1 aliphatic carbocycles. The lowest BCUT2D eigenvalue weighted by molar-refractivity contribution is 0.660. The van der Waals surface area contributed by atoms with Gasteiger partial charge in [0.2, 0.25) is 0 Å². The third-order valence-corrected chi connectivity index (χ3v) is 10.3. The standard InChI is InChI=1S/C46H34/c1-29-21-23-39-41(27-29)44(31-22-26-43-40(28-31)35-17-11-12-20-42(35)46(43,2)3)36-18-9-10-19-37(36)45(39)38-25-24-32(30-13-5-4-6-14-30)33-15-7-8-16-34(33)38/h4-28H,1-3H3. The van der Waals surface area contributed by atoms with E-state index >= 15 is 0 Å². The quantitative estimate of drug-likeness (QED) is 0.181. The highest BCUT2D eigenvalue weighted by Gasteiger charge is 2.35. The van der Waals surface area contributed by atoms with Gasteiger partial charge in [-0.3, -0.25) is 0 Å². The molecule has 8 aromatic carbocycles. The van der Waals surface area contributed by atoms with Gasteiger partial charge >= 0.3 is 0 Å². The van der Waals surface area contributed by atoms with Crippen LogP contribution in [0, 0.1) is 6.92 Å². The fourth-order valence-corrected chi connectivity index (χ4v) is 8.16. The molecule has 9 rings (SSSR count). The van der Waals surface area contributed by atoms with E-state index in [-0.39, 0.29) is 5.41 Å². The third kappa shape index (κ3) is 3.87. The Morgan fingerprint density at radius 2 is 0.935 bits per heavy atom. The molecular formula is C46H34. The molecule has 218 valence electrons. The van der Waals surface area contributed by atoms with Crippen LogP contribution in [-0.2, 0) is 5.41 Å². The number of hydrogen-bond acceptors (Lipinski definition) is 0. The largest absolute Gasteiger partial charge is 0.0622 e. The average molecular weight is 587 g/mol. The Morgan fingerprint density at radius 3 is 1.72 bits per heavy atom. The number of aryl methyl sites for hydroxylation is 1. The predicted molar refractivity (Wildman–Crippen MR) is 198 cm³/mol. The van der Waals surface area contributed by atoms with E-state index in [0.29, 0.717) is 0 Å². The molecule has 0 saturated heterocycles. The van der Waals surface area contributed by atoms with Crippen LogP contribution < -0.4 is 0 Å². The van der Waals surface area contributed by atoms with Gasteiger partial charge in [0.15, 0.2) is 0 Å². The van der Waals surface area contributed by atoms with Crippen LogP contribution in [0.15, 0.2) is 152 Å². The summed E-state index contributed by atoms with van der Waals surface area (Å²) in [5.41, 5.74) is 14.5. The summed E-state index contributed by atoms with van der Waals surface area (Å²) in [6, 6.07) is 56.5. The van der Waals surface area contributed by atoms with Crippen LogP contribution in [0.25, 0.3) is 76.8 Å². The van der Waals surface area contributed by atoms with Gasteiger partial charge in [-0.15, -0.1) is 0 Å². The van der Waals surface area contributed by atoms with Gasteiger partial charge in [-0.25, -0.2) is 0 Å². The monoisotopic (exact) mass is 586 g/mol. The van der Waals surface area contributed by atoms with Crippen LogP contribution in [0.1, 0.15) is 30.5 Å². The summed E-state index contributed by atoms with van der Waals surface area (Å²) in [6.45, 7) is 6.92. The lowest BCUT2D eigenvalue weighted by Crippen LogP contribution is -2.14. The summed E-state index contributed by atoms with van der Waals surface area (Å²) in [4.78, 5) is 0. The van der Waals surface area contributed by atoms with Gasteiger partial charge in [0.25, 0.3) is 0 Å². The van der Waals surface area contributed by atoms with E-state index in [0.717, 1.165) is 0 Å². The van der Waals surface area contributed by atoms with Crippen molar-refractivity contribution in [2.75, 3.05) is 0 Å². The Kier molecular flexibility index (Phi) is 5.86. The third-order valence-electron chi connectivity index (χ3n) is 10.3. The molecule has 0 saturated carbocycles. The molecule has 0 unspecified atom stereocenters. The zero-order valence-corrected chi connectivity index (χ0v) is 26.4. The van der Waals surface area contributed by atoms with Crippen molar-refractivity contribution in [3.63, 3.8) is 0 Å². The molecule has 0 N–H and O–H groups in total. The first-order valence-electron chi connectivity index (χ1n) is 16.3. The lowest BCUT2D eigenvalue weighted by atomic mass is 9.81. The molecule has 0 radical (unpaired) electrons. The van der Waals surface area contributed by atoms with Gasteiger partial charge in [0.05, 0.1) is 0 Å². The van der Waals surface area contributed by atoms with Gasteiger partial charge in [-0.1, -0.05) is 165 Å². The van der Waals surface area contributed by atoms with E-state index in [1.165, 1.54) is 93.5 Å². The molecule has 0 nitrogen and oxygen atoms in total. The van der Waals surface area contributed by atoms with Gasteiger partial charge in [0, 0.05) is 5.41 Å². The molecule has 0 bridgehead atoms. The fraction of sp³-hybridized carbons (Fsp3) is 0.0870. The van der Waals surface area contributed by atoms with Gasteiger partial charge in [-0.05, 0) is 101 Å². The normalized spacial score (nSPS) is 13.3. The van der Waals surface area contributed by atoms with Crippen molar-refractivity contribution in [1.29, 1.82) is 0 Å². The molecule has 0 amide bonds. The summed E-state index contributed by atoms with van der Waals surface area (Å²) in [6.07, 6.45) is 0. The first-order valence-corrected chi connectivity index (χ1v) is 16.3. The lowest BCUT2D eigenvalue weighted by Gasteiger charge is -2.22. The van der Waals surface area contributed by atoms with Crippen LogP contribution in [0.4, 0.5) is 0 Å². The van der Waals surface area contributed by atoms with Crippen molar-refractivity contribution in [1.82, 2.24) is 0 Å². The number of hydrogen-bond donors (Lipinski definition) is 0. The van der Waals surface area contributed by atoms with Crippen molar-refractivity contribution in [2.24, 2.45) is 0 Å². The van der Waals surface area contributed by atoms with Crippen molar-refractivity contribution >= 4 is 32.3 Å². The smallest absolute Gasteiger partial charge is 0.0158 e. The molecule has 0 aromatic heterocycles. The molecule has 0 spiro atoms. The highest BCUT2D eigenvalue weighted by molar-refractivity contribution is 6.24. The highest BCUT2D eigenvalue weighted by atomic mass is 14.4. The Labute approximate surface area is 270 Å². The Morgan fingerprint density at radius 1 is 0.348 bits per heavy atom. The second kappa shape index (κ2) is 10.0. The minimum absolute atomic E-state index is 0.0119. The maximum Gasteiger partial charge on any atom is 0.0158 e. The molecular weight excluding hydrogens is 553 g/mol. The SMILES string of the molecule is Cc1ccc2c(-c3ccc(-c4ccccc4)c4ccccc34)c3ccccc3c(-c3ccc4c(c3)-c3ccccc3C4(C)C)c2c1. The Bertz CT molecular complexity index is 2490. The minimum atomic E-state index is -0.0119. The van der Waals surface area contributed by atoms with Crippen LogP contribution in [0.2, 0.25) is 0 Å². The van der Waals surface area contributed by atoms with Crippen LogP contribution in [-0.4, -0.2) is 0 Å². The molecule has 0 fully saturated rings. The van der Waals surface area contributed by atoms with E-state index in [2.05, 4.69) is 172 Å². The van der Waals surface area contributed by atoms with E-state index in [1.54, 1.807) is 0 Å². The molecule has 0 aliphatic heterocycles. The Hall–Kier alpha value is -5.46.